The second kappa shape index (κ2) is 10.2. The maximum absolute atomic E-state index is 5.77. The van der Waals surface area contributed by atoms with Gasteiger partial charge in [0.25, 0.3) is 0 Å². The first kappa shape index (κ1) is 21.0. The van der Waals surface area contributed by atoms with Crippen molar-refractivity contribution in [3.63, 3.8) is 0 Å². The van der Waals surface area contributed by atoms with Gasteiger partial charge in [0.1, 0.15) is 6.61 Å². The minimum absolute atomic E-state index is 0.509. The molecular formula is C24H32N2O4. The van der Waals surface area contributed by atoms with Crippen molar-refractivity contribution in [1.82, 2.24) is 4.90 Å². The summed E-state index contributed by atoms with van der Waals surface area (Å²) >= 11 is 0. The number of hydrogen-bond donors (Lipinski definition) is 0. The van der Waals surface area contributed by atoms with Crippen molar-refractivity contribution in [2.75, 3.05) is 71.7 Å². The molecule has 0 N–H and O–H groups in total. The predicted octanol–water partition coefficient (Wildman–Crippen LogP) is 3.16. The van der Waals surface area contributed by atoms with E-state index in [2.05, 4.69) is 46.2 Å². The second-order valence-corrected chi connectivity index (χ2v) is 7.88. The molecule has 2 aliphatic heterocycles. The summed E-state index contributed by atoms with van der Waals surface area (Å²) in [6, 6.07) is 15.0. The monoisotopic (exact) mass is 412 g/mol. The molecule has 1 atom stereocenters. The third-order valence-corrected chi connectivity index (χ3v) is 5.89. The number of ether oxygens (including phenoxy) is 4. The van der Waals surface area contributed by atoms with Gasteiger partial charge in [0.15, 0.2) is 11.5 Å². The topological polar surface area (TPSA) is 43.4 Å². The van der Waals surface area contributed by atoms with Crippen molar-refractivity contribution >= 4 is 5.69 Å². The zero-order valence-corrected chi connectivity index (χ0v) is 18.0. The van der Waals surface area contributed by atoms with Crippen LogP contribution in [0.5, 0.6) is 11.5 Å². The van der Waals surface area contributed by atoms with Gasteiger partial charge in [0.2, 0.25) is 0 Å². The fourth-order valence-corrected chi connectivity index (χ4v) is 4.37. The normalized spacial score (nSPS) is 19.0. The number of rotatable bonds is 9. The van der Waals surface area contributed by atoms with Crippen LogP contribution in [0.3, 0.4) is 0 Å². The van der Waals surface area contributed by atoms with E-state index >= 15 is 0 Å². The van der Waals surface area contributed by atoms with Crippen molar-refractivity contribution in [2.24, 2.45) is 0 Å². The van der Waals surface area contributed by atoms with Crippen molar-refractivity contribution < 1.29 is 18.9 Å². The predicted molar refractivity (Wildman–Crippen MR) is 118 cm³/mol. The van der Waals surface area contributed by atoms with Crippen molar-refractivity contribution in [1.29, 1.82) is 0 Å². The van der Waals surface area contributed by atoms with Crippen molar-refractivity contribution in [3.05, 3.63) is 53.6 Å². The molecule has 6 nitrogen and oxygen atoms in total. The lowest BCUT2D eigenvalue weighted by atomic mass is 10.0. The number of anilines is 1. The molecule has 0 aliphatic carbocycles. The lowest BCUT2D eigenvalue weighted by molar-refractivity contribution is 0.0356. The highest BCUT2D eigenvalue weighted by Gasteiger charge is 2.30. The van der Waals surface area contributed by atoms with Gasteiger partial charge in [-0.05, 0) is 29.3 Å². The van der Waals surface area contributed by atoms with E-state index in [4.69, 9.17) is 18.9 Å². The van der Waals surface area contributed by atoms with E-state index in [0.29, 0.717) is 19.1 Å². The molecule has 6 heteroatoms. The van der Waals surface area contributed by atoms with Crippen LogP contribution < -0.4 is 14.4 Å². The highest BCUT2D eigenvalue weighted by molar-refractivity contribution is 5.61. The zero-order chi connectivity index (χ0) is 20.8. The SMILES string of the molecule is COCCOc1ccc(CN2CC(CN3CCOCC3)c3ccccc32)cc1OC. The van der Waals surface area contributed by atoms with Crippen molar-refractivity contribution in [2.45, 2.75) is 12.5 Å². The molecule has 2 heterocycles. The number of nitrogens with zero attached hydrogens (tertiary/aromatic N) is 2. The summed E-state index contributed by atoms with van der Waals surface area (Å²) in [5.41, 5.74) is 4.01. The van der Waals surface area contributed by atoms with Gasteiger partial charge in [-0.15, -0.1) is 0 Å². The Balaban J connectivity index is 1.46. The smallest absolute Gasteiger partial charge is 0.161 e. The summed E-state index contributed by atoms with van der Waals surface area (Å²) < 4.78 is 21.9. The molecule has 30 heavy (non-hydrogen) atoms. The maximum atomic E-state index is 5.77. The van der Waals surface area contributed by atoms with Crippen LogP contribution in [-0.2, 0) is 16.0 Å². The van der Waals surface area contributed by atoms with E-state index in [0.717, 1.165) is 57.4 Å². The van der Waals surface area contributed by atoms with Gasteiger partial charge in [-0.3, -0.25) is 4.90 Å². The molecule has 1 fully saturated rings. The van der Waals surface area contributed by atoms with E-state index in [-0.39, 0.29) is 0 Å². The first-order valence-corrected chi connectivity index (χ1v) is 10.7. The van der Waals surface area contributed by atoms with Crippen LogP contribution in [0.25, 0.3) is 0 Å². The lowest BCUT2D eigenvalue weighted by Gasteiger charge is -2.29. The van der Waals surface area contributed by atoms with Gasteiger partial charge in [-0.25, -0.2) is 0 Å². The molecule has 0 radical (unpaired) electrons. The minimum Gasteiger partial charge on any atom is -0.493 e. The molecule has 2 aromatic carbocycles. The van der Waals surface area contributed by atoms with E-state index in [1.165, 1.54) is 16.8 Å². The lowest BCUT2D eigenvalue weighted by Crippen LogP contribution is -2.39. The molecule has 0 spiro atoms. The van der Waals surface area contributed by atoms with Gasteiger partial charge in [0.05, 0.1) is 26.9 Å². The Hall–Kier alpha value is -2.28. The van der Waals surface area contributed by atoms with Crippen LogP contribution in [0, 0.1) is 0 Å². The fourth-order valence-electron chi connectivity index (χ4n) is 4.37. The Kier molecular flexibility index (Phi) is 7.10. The van der Waals surface area contributed by atoms with Gasteiger partial charge < -0.3 is 23.8 Å². The minimum atomic E-state index is 0.509. The Bertz CT molecular complexity index is 823. The average Bonchev–Trinajstić information content (AvgIpc) is 3.12. The first-order chi connectivity index (χ1) is 14.8. The molecular weight excluding hydrogens is 380 g/mol. The number of morpholine rings is 1. The molecule has 0 saturated carbocycles. The number of hydrogen-bond acceptors (Lipinski definition) is 6. The van der Waals surface area contributed by atoms with Crippen LogP contribution in [0.15, 0.2) is 42.5 Å². The quantitative estimate of drug-likeness (QED) is 0.590. The molecule has 1 saturated heterocycles. The third kappa shape index (κ3) is 4.89. The third-order valence-electron chi connectivity index (χ3n) is 5.89. The summed E-state index contributed by atoms with van der Waals surface area (Å²) in [5, 5.41) is 0. The molecule has 162 valence electrons. The summed E-state index contributed by atoms with van der Waals surface area (Å²) in [7, 11) is 3.36. The number of benzene rings is 2. The largest absolute Gasteiger partial charge is 0.493 e. The highest BCUT2D eigenvalue weighted by atomic mass is 16.5. The van der Waals surface area contributed by atoms with E-state index in [1.807, 2.05) is 6.07 Å². The molecule has 2 aliphatic rings. The number of methoxy groups -OCH3 is 2. The van der Waals surface area contributed by atoms with E-state index < -0.39 is 0 Å². The van der Waals surface area contributed by atoms with Gasteiger partial charge >= 0.3 is 0 Å². The van der Waals surface area contributed by atoms with Crippen molar-refractivity contribution in [3.8, 4) is 11.5 Å². The van der Waals surface area contributed by atoms with Gasteiger partial charge in [-0.1, -0.05) is 24.3 Å². The molecule has 4 rings (SSSR count). The summed E-state index contributed by atoms with van der Waals surface area (Å²) in [4.78, 5) is 5.02. The molecule has 2 aromatic rings. The summed E-state index contributed by atoms with van der Waals surface area (Å²) in [6.45, 7) is 7.78. The first-order valence-electron chi connectivity index (χ1n) is 10.7. The number of para-hydroxylation sites is 1. The van der Waals surface area contributed by atoms with Gasteiger partial charge in [0, 0.05) is 51.4 Å². The molecule has 1 unspecified atom stereocenters. The Morgan fingerprint density at radius 1 is 1.00 bits per heavy atom. The van der Waals surface area contributed by atoms with Crippen LogP contribution in [0.2, 0.25) is 0 Å². The van der Waals surface area contributed by atoms with E-state index in [1.54, 1.807) is 14.2 Å². The summed E-state index contributed by atoms with van der Waals surface area (Å²) in [6.07, 6.45) is 0. The van der Waals surface area contributed by atoms with E-state index in [9.17, 15) is 0 Å². The van der Waals surface area contributed by atoms with Gasteiger partial charge in [-0.2, -0.15) is 0 Å². The Morgan fingerprint density at radius 3 is 2.63 bits per heavy atom. The molecule has 0 bridgehead atoms. The average molecular weight is 413 g/mol. The second-order valence-electron chi connectivity index (χ2n) is 7.88. The maximum Gasteiger partial charge on any atom is 0.161 e. The van der Waals surface area contributed by atoms with Crippen LogP contribution >= 0.6 is 0 Å². The molecule has 0 amide bonds. The van der Waals surface area contributed by atoms with Crippen LogP contribution in [0.4, 0.5) is 5.69 Å². The zero-order valence-electron chi connectivity index (χ0n) is 18.0. The fraction of sp³-hybridized carbons (Fsp3) is 0.500. The standard InChI is InChI=1S/C24H32N2O4/c1-27-13-14-30-23-8-7-19(15-24(23)28-2)16-26-18-20(17-25-9-11-29-12-10-25)21-5-3-4-6-22(21)26/h3-8,15,20H,9-14,16-18H2,1-2H3. The highest BCUT2D eigenvalue weighted by Crippen LogP contribution is 2.38. The summed E-state index contributed by atoms with van der Waals surface area (Å²) in [5.74, 6) is 2.05. The number of fused-ring (bicyclic) bond motifs is 1. The Morgan fingerprint density at radius 2 is 1.83 bits per heavy atom. The molecule has 0 aromatic heterocycles. The van der Waals surface area contributed by atoms with Crippen LogP contribution in [-0.4, -0.2) is 71.7 Å². The Labute approximate surface area is 179 Å². The van der Waals surface area contributed by atoms with Crippen LogP contribution in [0.1, 0.15) is 17.0 Å².